The molecule has 0 aromatic heterocycles. The van der Waals surface area contributed by atoms with Crippen molar-refractivity contribution in [3.05, 3.63) is 0 Å². The number of ether oxygens (including phenoxy) is 2. The molecular weight excluding hydrogens is 194 g/mol. The molecule has 0 aliphatic rings. The fourth-order valence-electron chi connectivity index (χ4n) is 1.33. The van der Waals surface area contributed by atoms with Crippen LogP contribution in [-0.4, -0.2) is 57.4 Å². The van der Waals surface area contributed by atoms with E-state index < -0.39 is 0 Å². The van der Waals surface area contributed by atoms with Crippen molar-refractivity contribution in [1.29, 1.82) is 0 Å². The van der Waals surface area contributed by atoms with Crippen LogP contribution >= 0.6 is 0 Å². The van der Waals surface area contributed by atoms with Crippen LogP contribution in [0.2, 0.25) is 0 Å². The SMILES string of the molecule is CCN=C(N)N(CCOC)C(C)COC. The Morgan fingerprint density at radius 1 is 1.40 bits per heavy atom. The van der Waals surface area contributed by atoms with Gasteiger partial charge in [-0.25, -0.2) is 0 Å². The summed E-state index contributed by atoms with van der Waals surface area (Å²) in [5.74, 6) is 0.555. The molecule has 1 atom stereocenters. The molecule has 0 rings (SSSR count). The monoisotopic (exact) mass is 217 g/mol. The Morgan fingerprint density at radius 2 is 2.07 bits per heavy atom. The highest BCUT2D eigenvalue weighted by Gasteiger charge is 2.15. The molecule has 0 amide bonds. The lowest BCUT2D eigenvalue weighted by atomic mass is 10.3. The standard InChI is InChI=1S/C10H23N3O2/c1-5-12-10(11)13(6-7-14-3)9(2)8-15-4/h9H,5-8H2,1-4H3,(H2,11,12). The van der Waals surface area contributed by atoms with E-state index in [9.17, 15) is 0 Å². The van der Waals surface area contributed by atoms with E-state index in [0.717, 1.165) is 6.54 Å². The smallest absolute Gasteiger partial charge is 0.191 e. The number of nitrogens with two attached hydrogens (primary N) is 1. The van der Waals surface area contributed by atoms with Crippen molar-refractivity contribution < 1.29 is 9.47 Å². The zero-order valence-corrected chi connectivity index (χ0v) is 10.2. The van der Waals surface area contributed by atoms with E-state index >= 15 is 0 Å². The Bertz CT molecular complexity index is 186. The number of rotatable bonds is 7. The highest BCUT2D eigenvalue weighted by molar-refractivity contribution is 5.78. The summed E-state index contributed by atoms with van der Waals surface area (Å²) < 4.78 is 10.1. The third kappa shape index (κ3) is 5.59. The van der Waals surface area contributed by atoms with Crippen molar-refractivity contribution in [3.63, 3.8) is 0 Å². The van der Waals surface area contributed by atoms with Crippen LogP contribution in [0.3, 0.4) is 0 Å². The normalized spacial score (nSPS) is 14.0. The molecule has 1 unspecified atom stereocenters. The van der Waals surface area contributed by atoms with Crippen molar-refractivity contribution in [3.8, 4) is 0 Å². The number of guanidine groups is 1. The molecule has 0 aromatic rings. The van der Waals surface area contributed by atoms with Gasteiger partial charge in [-0.05, 0) is 13.8 Å². The maximum absolute atomic E-state index is 5.87. The predicted molar refractivity (Wildman–Crippen MR) is 62.1 cm³/mol. The van der Waals surface area contributed by atoms with E-state index in [-0.39, 0.29) is 6.04 Å². The summed E-state index contributed by atoms with van der Waals surface area (Å²) >= 11 is 0. The fraction of sp³-hybridized carbons (Fsp3) is 0.900. The summed E-state index contributed by atoms with van der Waals surface area (Å²) in [5, 5.41) is 0. The Morgan fingerprint density at radius 3 is 2.53 bits per heavy atom. The maximum atomic E-state index is 5.87. The van der Waals surface area contributed by atoms with Crippen LogP contribution < -0.4 is 5.73 Å². The first-order valence-electron chi connectivity index (χ1n) is 5.21. The van der Waals surface area contributed by atoms with Crippen molar-refractivity contribution in [2.24, 2.45) is 10.7 Å². The lowest BCUT2D eigenvalue weighted by Crippen LogP contribution is -2.47. The number of hydrogen-bond donors (Lipinski definition) is 1. The van der Waals surface area contributed by atoms with Crippen LogP contribution in [0, 0.1) is 0 Å². The quantitative estimate of drug-likeness (QED) is 0.492. The Labute approximate surface area is 92.2 Å². The molecule has 0 fully saturated rings. The summed E-state index contributed by atoms with van der Waals surface area (Å²) in [6.45, 7) is 6.70. The van der Waals surface area contributed by atoms with E-state index in [4.69, 9.17) is 15.2 Å². The van der Waals surface area contributed by atoms with E-state index in [0.29, 0.717) is 25.7 Å². The van der Waals surface area contributed by atoms with Gasteiger partial charge in [-0.15, -0.1) is 0 Å². The second kappa shape index (κ2) is 8.49. The van der Waals surface area contributed by atoms with Crippen molar-refractivity contribution in [2.75, 3.05) is 40.5 Å². The van der Waals surface area contributed by atoms with Gasteiger partial charge in [-0.1, -0.05) is 0 Å². The van der Waals surface area contributed by atoms with E-state index in [2.05, 4.69) is 11.9 Å². The number of hydrogen-bond acceptors (Lipinski definition) is 3. The van der Waals surface area contributed by atoms with E-state index in [1.807, 2.05) is 11.8 Å². The van der Waals surface area contributed by atoms with Crippen LogP contribution in [0.5, 0.6) is 0 Å². The molecule has 5 nitrogen and oxygen atoms in total. The molecule has 0 aliphatic carbocycles. The molecule has 0 bridgehead atoms. The van der Waals surface area contributed by atoms with Gasteiger partial charge >= 0.3 is 0 Å². The molecule has 0 aromatic carbocycles. The zero-order valence-electron chi connectivity index (χ0n) is 10.2. The van der Waals surface area contributed by atoms with Crippen LogP contribution in [0.15, 0.2) is 4.99 Å². The topological polar surface area (TPSA) is 60.1 Å². The van der Waals surface area contributed by atoms with Gasteiger partial charge in [0.15, 0.2) is 5.96 Å². The van der Waals surface area contributed by atoms with Crippen LogP contribution in [-0.2, 0) is 9.47 Å². The molecule has 0 heterocycles. The predicted octanol–water partition coefficient (Wildman–Crippen LogP) is 0.304. The third-order valence-electron chi connectivity index (χ3n) is 2.09. The second-order valence-corrected chi connectivity index (χ2v) is 3.32. The van der Waals surface area contributed by atoms with Crippen molar-refractivity contribution in [2.45, 2.75) is 19.9 Å². The Balaban J connectivity index is 4.34. The first-order valence-corrected chi connectivity index (χ1v) is 5.21. The molecule has 0 aliphatic heterocycles. The lowest BCUT2D eigenvalue weighted by Gasteiger charge is -2.29. The number of nitrogens with zero attached hydrogens (tertiary/aromatic N) is 2. The van der Waals surface area contributed by atoms with Gasteiger partial charge in [-0.2, -0.15) is 0 Å². The van der Waals surface area contributed by atoms with Gasteiger partial charge in [0.2, 0.25) is 0 Å². The van der Waals surface area contributed by atoms with Gasteiger partial charge in [0.1, 0.15) is 0 Å². The Hall–Kier alpha value is -0.810. The van der Waals surface area contributed by atoms with E-state index in [1.54, 1.807) is 14.2 Å². The molecule has 15 heavy (non-hydrogen) atoms. The summed E-state index contributed by atoms with van der Waals surface area (Å²) in [6.07, 6.45) is 0. The summed E-state index contributed by atoms with van der Waals surface area (Å²) in [4.78, 5) is 6.19. The first kappa shape index (κ1) is 14.2. The van der Waals surface area contributed by atoms with Crippen molar-refractivity contribution in [1.82, 2.24) is 4.90 Å². The van der Waals surface area contributed by atoms with Gasteiger partial charge < -0.3 is 20.1 Å². The van der Waals surface area contributed by atoms with Crippen molar-refractivity contribution >= 4 is 5.96 Å². The summed E-state index contributed by atoms with van der Waals surface area (Å²) in [6, 6.07) is 0.209. The Kier molecular flexibility index (Phi) is 8.04. The van der Waals surface area contributed by atoms with Crippen LogP contribution in [0.1, 0.15) is 13.8 Å². The molecule has 0 saturated heterocycles. The van der Waals surface area contributed by atoms with Crippen LogP contribution in [0.25, 0.3) is 0 Å². The molecule has 0 spiro atoms. The average molecular weight is 217 g/mol. The summed E-state index contributed by atoms with van der Waals surface area (Å²) in [5.41, 5.74) is 5.87. The fourth-order valence-corrected chi connectivity index (χ4v) is 1.33. The molecule has 2 N–H and O–H groups in total. The number of aliphatic imine (C=N–C) groups is 1. The highest BCUT2D eigenvalue weighted by atomic mass is 16.5. The maximum Gasteiger partial charge on any atom is 0.191 e. The minimum absolute atomic E-state index is 0.209. The minimum atomic E-state index is 0.209. The molecule has 0 saturated carbocycles. The zero-order chi connectivity index (χ0) is 11.7. The molecule has 5 heteroatoms. The van der Waals surface area contributed by atoms with Gasteiger partial charge in [-0.3, -0.25) is 4.99 Å². The molecule has 0 radical (unpaired) electrons. The van der Waals surface area contributed by atoms with Gasteiger partial charge in [0.05, 0.1) is 19.3 Å². The largest absolute Gasteiger partial charge is 0.383 e. The van der Waals surface area contributed by atoms with E-state index in [1.165, 1.54) is 0 Å². The second-order valence-electron chi connectivity index (χ2n) is 3.32. The molecular formula is C10H23N3O2. The summed E-state index contributed by atoms with van der Waals surface area (Å²) in [7, 11) is 3.35. The van der Waals surface area contributed by atoms with Gasteiger partial charge in [0.25, 0.3) is 0 Å². The van der Waals surface area contributed by atoms with Crippen LogP contribution in [0.4, 0.5) is 0 Å². The van der Waals surface area contributed by atoms with Gasteiger partial charge in [0, 0.05) is 27.3 Å². The lowest BCUT2D eigenvalue weighted by molar-refractivity contribution is 0.112. The minimum Gasteiger partial charge on any atom is -0.383 e. The highest BCUT2D eigenvalue weighted by Crippen LogP contribution is 1.99. The third-order valence-corrected chi connectivity index (χ3v) is 2.09. The first-order chi connectivity index (χ1) is 7.17. The average Bonchev–Trinajstić information content (AvgIpc) is 2.19. The number of methoxy groups -OCH3 is 2. The molecule has 90 valence electrons.